The number of hydrogen-bond acceptors (Lipinski definition) is 5. The van der Waals surface area contributed by atoms with Crippen molar-refractivity contribution in [3.05, 3.63) is 46.7 Å². The minimum atomic E-state index is -2.16. The van der Waals surface area contributed by atoms with Crippen LogP contribution in [-0.2, 0) is 9.53 Å². The predicted octanol–water partition coefficient (Wildman–Crippen LogP) is 1.99. The van der Waals surface area contributed by atoms with Gasteiger partial charge < -0.3 is 15.2 Å². The van der Waals surface area contributed by atoms with E-state index >= 15 is 0 Å². The second kappa shape index (κ2) is 7.22. The number of hydrogen-bond donors (Lipinski definition) is 2. The van der Waals surface area contributed by atoms with Gasteiger partial charge in [0.05, 0.1) is 24.3 Å². The Bertz CT molecular complexity index is 744. The average Bonchev–Trinajstić information content (AvgIpc) is 3.37. The smallest absolute Gasteiger partial charge is 0.343 e. The fraction of sp³-hybridized carbons (Fsp3) is 0.375. The fourth-order valence-electron chi connectivity index (χ4n) is 2.03. The van der Waals surface area contributed by atoms with Crippen LogP contribution in [0, 0.1) is 23.3 Å². The first-order valence-corrected chi connectivity index (χ1v) is 7.40. The Morgan fingerprint density at radius 3 is 2.40 bits per heavy atom. The lowest BCUT2D eigenvalue weighted by Gasteiger charge is -2.14. The number of Topliss-reactive ketones (excluding diaryl/α,β-unsaturated/α-hetero) is 1. The molecule has 0 heterocycles. The van der Waals surface area contributed by atoms with Gasteiger partial charge in [-0.05, 0) is 25.8 Å². The summed E-state index contributed by atoms with van der Waals surface area (Å²) >= 11 is 0. The second-order valence-electron chi connectivity index (χ2n) is 5.54. The normalized spacial score (nSPS) is 15.7. The molecular formula is C16H15F4NO4. The van der Waals surface area contributed by atoms with Crippen LogP contribution in [0.4, 0.5) is 17.6 Å². The van der Waals surface area contributed by atoms with Crippen molar-refractivity contribution in [1.29, 1.82) is 0 Å². The fourth-order valence-corrected chi connectivity index (χ4v) is 2.03. The number of aliphatic hydroxyl groups excluding tert-OH is 1. The zero-order valence-electron chi connectivity index (χ0n) is 13.2. The van der Waals surface area contributed by atoms with E-state index in [2.05, 4.69) is 10.1 Å². The van der Waals surface area contributed by atoms with Gasteiger partial charge in [0, 0.05) is 6.20 Å². The van der Waals surface area contributed by atoms with Crippen LogP contribution in [0.15, 0.2) is 17.8 Å². The maximum atomic E-state index is 13.8. The van der Waals surface area contributed by atoms with Crippen molar-refractivity contribution in [2.45, 2.75) is 25.3 Å². The van der Waals surface area contributed by atoms with E-state index in [1.54, 1.807) is 0 Å². The second-order valence-corrected chi connectivity index (χ2v) is 5.54. The van der Waals surface area contributed by atoms with E-state index < -0.39 is 51.7 Å². The van der Waals surface area contributed by atoms with E-state index in [-0.39, 0.29) is 19.3 Å². The molecule has 25 heavy (non-hydrogen) atoms. The van der Waals surface area contributed by atoms with E-state index in [0.29, 0.717) is 12.8 Å². The molecule has 0 amide bonds. The Morgan fingerprint density at radius 2 is 1.88 bits per heavy atom. The minimum Gasteiger partial charge on any atom is -0.462 e. The number of nitrogens with one attached hydrogen (secondary N) is 1. The zero-order valence-corrected chi connectivity index (χ0v) is 13.2. The van der Waals surface area contributed by atoms with Crippen molar-refractivity contribution < 1.29 is 37.0 Å². The number of carbonyl (C=O) groups is 2. The number of aliphatic hydroxyl groups is 1. The molecule has 0 unspecified atom stereocenters. The van der Waals surface area contributed by atoms with E-state index in [1.807, 2.05) is 0 Å². The Labute approximate surface area is 140 Å². The molecule has 0 bridgehead atoms. The summed E-state index contributed by atoms with van der Waals surface area (Å²) in [6.45, 7) is 1.08. The summed E-state index contributed by atoms with van der Waals surface area (Å²) < 4.78 is 58.2. The molecule has 1 aromatic rings. The number of esters is 1. The highest BCUT2D eigenvalue weighted by Crippen LogP contribution is 2.34. The van der Waals surface area contributed by atoms with Crippen LogP contribution in [0.3, 0.4) is 0 Å². The molecule has 1 saturated carbocycles. The molecule has 0 radical (unpaired) electrons. The molecule has 1 aliphatic rings. The summed E-state index contributed by atoms with van der Waals surface area (Å²) in [4.78, 5) is 24.3. The molecular weight excluding hydrogens is 346 g/mol. The van der Waals surface area contributed by atoms with Crippen LogP contribution in [-0.4, -0.2) is 35.6 Å². The van der Waals surface area contributed by atoms with E-state index in [1.165, 1.54) is 6.92 Å². The van der Waals surface area contributed by atoms with Gasteiger partial charge in [-0.3, -0.25) is 4.79 Å². The van der Waals surface area contributed by atoms with Crippen molar-refractivity contribution in [3.8, 4) is 0 Å². The quantitative estimate of drug-likeness (QED) is 0.114. The summed E-state index contributed by atoms with van der Waals surface area (Å²) in [6.07, 6.45) is 2.04. The predicted molar refractivity (Wildman–Crippen MR) is 77.5 cm³/mol. The van der Waals surface area contributed by atoms with Gasteiger partial charge in [0.2, 0.25) is 5.78 Å². The molecule has 0 aromatic heterocycles. The Morgan fingerprint density at radius 1 is 1.24 bits per heavy atom. The van der Waals surface area contributed by atoms with Gasteiger partial charge in [0.1, 0.15) is 5.57 Å². The van der Waals surface area contributed by atoms with Crippen LogP contribution in [0.5, 0.6) is 0 Å². The largest absolute Gasteiger partial charge is 0.462 e. The monoisotopic (exact) mass is 361 g/mol. The van der Waals surface area contributed by atoms with Crippen LogP contribution in [0.25, 0.3) is 0 Å². The summed E-state index contributed by atoms with van der Waals surface area (Å²) in [5.41, 5.74) is -2.59. The SMILES string of the molecule is CCOC(=O)C(=CNC1(CO)CC1)C(=O)c1cc(F)c(F)c(F)c1F. The lowest BCUT2D eigenvalue weighted by Crippen LogP contribution is -2.32. The highest BCUT2D eigenvalue weighted by Gasteiger charge is 2.41. The third-order valence-corrected chi connectivity index (χ3v) is 3.77. The maximum absolute atomic E-state index is 13.8. The Balaban J connectivity index is 2.42. The molecule has 0 aliphatic heterocycles. The molecule has 1 aliphatic carbocycles. The number of halogens is 4. The topological polar surface area (TPSA) is 75.6 Å². The van der Waals surface area contributed by atoms with Crippen molar-refractivity contribution in [3.63, 3.8) is 0 Å². The number of rotatable bonds is 7. The van der Waals surface area contributed by atoms with Gasteiger partial charge in [-0.2, -0.15) is 0 Å². The Hall–Kier alpha value is -2.42. The third kappa shape index (κ3) is 3.81. The standard InChI is InChI=1S/C16H15F4NO4/c1-2-25-15(24)9(6-21-16(7-22)3-4-16)14(23)8-5-10(17)12(19)13(20)11(8)18/h5-6,21-22H,2-4,7H2,1H3. The molecule has 0 saturated heterocycles. The third-order valence-electron chi connectivity index (χ3n) is 3.77. The number of ether oxygens (including phenoxy) is 1. The molecule has 2 N–H and O–H groups in total. The van der Waals surface area contributed by atoms with Crippen molar-refractivity contribution >= 4 is 11.8 Å². The molecule has 9 heteroatoms. The first-order valence-electron chi connectivity index (χ1n) is 7.40. The zero-order chi connectivity index (χ0) is 18.8. The van der Waals surface area contributed by atoms with E-state index in [9.17, 15) is 32.3 Å². The first kappa shape index (κ1) is 18.9. The summed E-state index contributed by atoms with van der Waals surface area (Å²) in [5, 5.41) is 11.9. The van der Waals surface area contributed by atoms with E-state index in [0.717, 1.165) is 6.20 Å². The highest BCUT2D eigenvalue weighted by atomic mass is 19.2. The van der Waals surface area contributed by atoms with Gasteiger partial charge in [-0.1, -0.05) is 0 Å². The van der Waals surface area contributed by atoms with Gasteiger partial charge in [0.25, 0.3) is 0 Å². The molecule has 0 atom stereocenters. The highest BCUT2D eigenvalue weighted by molar-refractivity contribution is 6.24. The lowest BCUT2D eigenvalue weighted by atomic mass is 10.0. The molecule has 136 valence electrons. The Kier molecular flexibility index (Phi) is 5.46. The number of carbonyl (C=O) groups excluding carboxylic acids is 2. The van der Waals surface area contributed by atoms with Crippen molar-refractivity contribution in [1.82, 2.24) is 5.32 Å². The van der Waals surface area contributed by atoms with Crippen LogP contribution < -0.4 is 5.32 Å². The maximum Gasteiger partial charge on any atom is 0.343 e. The first-order chi connectivity index (χ1) is 11.8. The lowest BCUT2D eigenvalue weighted by molar-refractivity contribution is -0.138. The average molecular weight is 361 g/mol. The van der Waals surface area contributed by atoms with Gasteiger partial charge in [0.15, 0.2) is 23.3 Å². The summed E-state index contributed by atoms with van der Waals surface area (Å²) in [7, 11) is 0. The van der Waals surface area contributed by atoms with Gasteiger partial charge >= 0.3 is 5.97 Å². The summed E-state index contributed by atoms with van der Waals surface area (Å²) in [5.74, 6) is -10.4. The number of ketones is 1. The number of benzene rings is 1. The van der Waals surface area contributed by atoms with Crippen LogP contribution in [0.1, 0.15) is 30.1 Å². The van der Waals surface area contributed by atoms with Crippen molar-refractivity contribution in [2.75, 3.05) is 13.2 Å². The van der Waals surface area contributed by atoms with Crippen LogP contribution >= 0.6 is 0 Å². The van der Waals surface area contributed by atoms with Crippen LogP contribution in [0.2, 0.25) is 0 Å². The molecule has 2 rings (SSSR count). The molecule has 5 nitrogen and oxygen atoms in total. The van der Waals surface area contributed by atoms with E-state index in [4.69, 9.17) is 0 Å². The molecule has 1 fully saturated rings. The van der Waals surface area contributed by atoms with Crippen molar-refractivity contribution in [2.24, 2.45) is 0 Å². The van der Waals surface area contributed by atoms with Gasteiger partial charge in [-0.15, -0.1) is 0 Å². The minimum absolute atomic E-state index is 0.108. The van der Waals surface area contributed by atoms with Gasteiger partial charge in [-0.25, -0.2) is 22.4 Å². The molecule has 1 aromatic carbocycles. The molecule has 0 spiro atoms. The summed E-state index contributed by atoms with van der Waals surface area (Å²) in [6, 6.07) is 0.169.